The summed E-state index contributed by atoms with van der Waals surface area (Å²) in [4.78, 5) is 35.8. The Balaban J connectivity index is 2.91. The molecular formula is C49H95NO10Si4. The third kappa shape index (κ3) is 15.1. The molecule has 372 valence electrons. The van der Waals surface area contributed by atoms with Crippen LogP contribution >= 0.6 is 0 Å². The number of rotatable bonds is 24. The summed E-state index contributed by atoms with van der Waals surface area (Å²) in [5, 5.41) is 0.590. The number of methoxy groups -OCH3 is 1. The number of hydrogen-bond donors (Lipinski definition) is 0. The standard InChI is InChI=1S/C49H95NO10Si4/c1-35(31-55-32-36-26-28-37(53-16)29-27-36)43-49(14,58-43)44(60-64(24,25)48(11,12)13)39(34-57-62(20,21)46(5,6)7)42(52)38(33-56-61(18,19)45(2,3)4)40(30-41(51)50(15)54-17)59-63(22,23)47(8,9)10/h26-29,35,38-40,43-44H,30-34H2,1-25H3/t35-,38-,39-,40-,43+,44-,49+/m0/s1. The van der Waals surface area contributed by atoms with Crippen molar-refractivity contribution >= 4 is 45.0 Å². The molecule has 7 atom stereocenters. The molecule has 0 aliphatic carbocycles. The summed E-state index contributed by atoms with van der Waals surface area (Å²) in [6, 6.07) is 7.90. The molecule has 1 aromatic carbocycles. The van der Waals surface area contributed by atoms with Gasteiger partial charge in [0.1, 0.15) is 17.1 Å². The number of nitrogens with zero attached hydrogens (tertiary/aromatic N) is 1. The molecule has 1 heterocycles. The molecule has 0 radical (unpaired) electrons. The maximum Gasteiger partial charge on any atom is 0.248 e. The van der Waals surface area contributed by atoms with E-state index in [2.05, 4.69) is 149 Å². The van der Waals surface area contributed by atoms with E-state index in [1.807, 2.05) is 24.3 Å². The van der Waals surface area contributed by atoms with Crippen molar-refractivity contribution in [3.63, 3.8) is 0 Å². The molecule has 11 nitrogen and oxygen atoms in total. The summed E-state index contributed by atoms with van der Waals surface area (Å²) in [5.41, 5.74) is 0.207. The van der Waals surface area contributed by atoms with E-state index in [4.69, 9.17) is 36.8 Å². The monoisotopic (exact) mass is 970 g/mol. The fraction of sp³-hybridized carbons (Fsp3) is 0.837. The Labute approximate surface area is 395 Å². The Morgan fingerprint density at radius 2 is 1.12 bits per heavy atom. The third-order valence-corrected chi connectivity index (χ3v) is 33.6. The van der Waals surface area contributed by atoms with Crippen molar-refractivity contribution in [1.82, 2.24) is 5.06 Å². The smallest absolute Gasteiger partial charge is 0.248 e. The minimum absolute atomic E-state index is 0.0135. The van der Waals surface area contributed by atoms with E-state index in [0.29, 0.717) is 13.2 Å². The summed E-state index contributed by atoms with van der Waals surface area (Å²) < 4.78 is 47.5. The maximum absolute atomic E-state index is 16.4. The zero-order valence-corrected chi connectivity index (χ0v) is 49.3. The van der Waals surface area contributed by atoms with Crippen molar-refractivity contribution in [2.45, 2.75) is 206 Å². The van der Waals surface area contributed by atoms with Gasteiger partial charge < -0.3 is 31.9 Å². The van der Waals surface area contributed by atoms with Crippen molar-refractivity contribution in [3.05, 3.63) is 29.8 Å². The minimum Gasteiger partial charge on any atom is -0.497 e. The Kier molecular flexibility index (Phi) is 19.9. The van der Waals surface area contributed by atoms with Crippen LogP contribution < -0.4 is 4.74 Å². The first-order chi connectivity index (χ1) is 28.7. The lowest BCUT2D eigenvalue weighted by atomic mass is 9.79. The zero-order chi connectivity index (χ0) is 49.9. The van der Waals surface area contributed by atoms with Crippen molar-refractivity contribution in [3.8, 4) is 5.75 Å². The molecule has 0 spiro atoms. The third-order valence-electron chi connectivity index (χ3n) is 15.7. The largest absolute Gasteiger partial charge is 0.497 e. The highest BCUT2D eigenvalue weighted by Crippen LogP contribution is 2.52. The van der Waals surface area contributed by atoms with Gasteiger partial charge in [0.2, 0.25) is 5.91 Å². The topological polar surface area (TPSA) is 115 Å². The Hall–Kier alpha value is -1.25. The van der Waals surface area contributed by atoms with Gasteiger partial charge in [-0.25, -0.2) is 5.06 Å². The van der Waals surface area contributed by atoms with E-state index < -0.39 is 62.9 Å². The van der Waals surface area contributed by atoms with Crippen LogP contribution in [0.25, 0.3) is 0 Å². The number of hydroxylamine groups is 2. The fourth-order valence-electron chi connectivity index (χ4n) is 6.63. The molecule has 15 heteroatoms. The van der Waals surface area contributed by atoms with E-state index in [1.54, 1.807) is 14.2 Å². The van der Waals surface area contributed by atoms with E-state index >= 15 is 4.79 Å². The van der Waals surface area contributed by atoms with Crippen LogP contribution in [0.3, 0.4) is 0 Å². The lowest BCUT2D eigenvalue weighted by Gasteiger charge is -2.46. The molecule has 1 aliphatic rings. The highest BCUT2D eigenvalue weighted by molar-refractivity contribution is 6.75. The molecule has 1 fully saturated rings. The Morgan fingerprint density at radius 3 is 1.55 bits per heavy atom. The number of hydrogen-bond acceptors (Lipinski definition) is 10. The highest BCUT2D eigenvalue weighted by Gasteiger charge is 2.65. The molecule has 0 bridgehead atoms. The molecule has 0 unspecified atom stereocenters. The molecule has 1 aliphatic heterocycles. The van der Waals surface area contributed by atoms with Crippen molar-refractivity contribution in [2.75, 3.05) is 41.1 Å². The number of ketones is 1. The fourth-order valence-corrected chi connectivity index (χ4v) is 11.4. The number of carbonyl (C=O) groups excluding carboxylic acids is 2. The van der Waals surface area contributed by atoms with Gasteiger partial charge in [-0.1, -0.05) is 102 Å². The number of epoxide rings is 1. The van der Waals surface area contributed by atoms with Crippen LogP contribution in [-0.4, -0.2) is 115 Å². The second kappa shape index (κ2) is 21.6. The Bertz CT molecular complexity index is 1660. The summed E-state index contributed by atoms with van der Waals surface area (Å²) in [5.74, 6) is -1.19. The number of benzene rings is 1. The quantitative estimate of drug-likeness (QED) is 0.0563. The molecule has 2 rings (SSSR count). The number of carbonyl (C=O) groups is 2. The van der Waals surface area contributed by atoms with Crippen LogP contribution in [-0.2, 0) is 48.2 Å². The van der Waals surface area contributed by atoms with Gasteiger partial charge in [-0.2, -0.15) is 0 Å². The average Bonchev–Trinajstić information content (AvgIpc) is 3.84. The van der Waals surface area contributed by atoms with Crippen molar-refractivity contribution < 1.29 is 46.3 Å². The molecule has 1 saturated heterocycles. The van der Waals surface area contributed by atoms with Crippen LogP contribution in [0.5, 0.6) is 5.75 Å². The molecule has 64 heavy (non-hydrogen) atoms. The van der Waals surface area contributed by atoms with E-state index in [1.165, 1.54) is 12.2 Å². The number of amides is 1. The van der Waals surface area contributed by atoms with Crippen LogP contribution in [0, 0.1) is 17.8 Å². The second-order valence-electron chi connectivity index (χ2n) is 24.8. The lowest BCUT2D eigenvalue weighted by Crippen LogP contribution is -2.57. The summed E-state index contributed by atoms with van der Waals surface area (Å²) >= 11 is 0. The normalized spacial score (nSPS) is 20.6. The molecular weight excluding hydrogens is 875 g/mol. The maximum atomic E-state index is 16.4. The van der Waals surface area contributed by atoms with Crippen LogP contribution in [0.15, 0.2) is 24.3 Å². The molecule has 1 aromatic rings. The molecule has 1 amide bonds. The van der Waals surface area contributed by atoms with E-state index in [-0.39, 0.29) is 63.5 Å². The molecule has 0 aromatic heterocycles. The zero-order valence-electron chi connectivity index (χ0n) is 45.3. The summed E-state index contributed by atoms with van der Waals surface area (Å²) in [6.07, 6.45) is -1.79. The van der Waals surface area contributed by atoms with E-state index in [9.17, 15) is 4.79 Å². The Morgan fingerprint density at radius 1 is 0.688 bits per heavy atom. The van der Waals surface area contributed by atoms with Gasteiger partial charge in [0.25, 0.3) is 0 Å². The number of Topliss-reactive ketones (excluding diaryl/α,β-unsaturated/α-hetero) is 1. The van der Waals surface area contributed by atoms with Crippen LogP contribution in [0.4, 0.5) is 0 Å². The predicted molar refractivity (Wildman–Crippen MR) is 272 cm³/mol. The first-order valence-corrected chi connectivity index (χ1v) is 35.2. The molecule has 0 N–H and O–H groups in total. The first kappa shape index (κ1) is 58.9. The van der Waals surface area contributed by atoms with Crippen molar-refractivity contribution in [1.29, 1.82) is 0 Å². The average molecular weight is 971 g/mol. The van der Waals surface area contributed by atoms with Gasteiger partial charge in [-0.15, -0.1) is 0 Å². The lowest BCUT2D eigenvalue weighted by molar-refractivity contribution is -0.171. The van der Waals surface area contributed by atoms with Gasteiger partial charge in [-0.05, 0) is 97.1 Å². The molecule has 0 saturated carbocycles. The van der Waals surface area contributed by atoms with E-state index in [0.717, 1.165) is 11.3 Å². The van der Waals surface area contributed by atoms with Crippen LogP contribution in [0.1, 0.15) is 109 Å². The summed E-state index contributed by atoms with van der Waals surface area (Å²) in [7, 11) is -5.30. The van der Waals surface area contributed by atoms with Gasteiger partial charge in [0, 0.05) is 26.2 Å². The van der Waals surface area contributed by atoms with Gasteiger partial charge in [0.05, 0.1) is 64.0 Å². The van der Waals surface area contributed by atoms with Crippen molar-refractivity contribution in [2.24, 2.45) is 17.8 Å². The number of ether oxygens (including phenoxy) is 3. The predicted octanol–water partition coefficient (Wildman–Crippen LogP) is 12.0. The SMILES string of the molecule is COc1ccc(COC[C@H](C)[C@H]2O[C@@]2(C)[C@@H](O[Si](C)(C)C(C)(C)C)[C@@H](CO[Si](C)(C)C(C)(C)C)C(=O)[C@@H](CO[Si](C)(C)C(C)(C)C)[C@H](CC(=O)N(C)OC)O[Si](C)(C)C(C)(C)C)cc1. The van der Waals surface area contributed by atoms with Crippen LogP contribution in [0.2, 0.25) is 72.5 Å². The highest BCUT2D eigenvalue weighted by atomic mass is 28.4. The summed E-state index contributed by atoms with van der Waals surface area (Å²) in [6.45, 7) is 49.5. The first-order valence-electron chi connectivity index (χ1n) is 23.6. The minimum atomic E-state index is -2.59. The van der Waals surface area contributed by atoms with Gasteiger partial charge >= 0.3 is 0 Å². The van der Waals surface area contributed by atoms with Gasteiger partial charge in [-0.3, -0.25) is 14.4 Å². The second-order valence-corrected chi connectivity index (χ2v) is 43.9. The van der Waals surface area contributed by atoms with Gasteiger partial charge in [0.15, 0.2) is 33.3 Å².